The van der Waals surface area contributed by atoms with Gasteiger partial charge in [0.15, 0.2) is 6.71 Å². The third-order valence-corrected chi connectivity index (χ3v) is 3.05. The standard InChI is InChI=1S/C14H13BCl2O/c1-15(2)10-3-5-13(6-4-10)18-14-8-11(16)7-12(17)9-14/h3-9H,1-2H3. The first-order valence-corrected chi connectivity index (χ1v) is 6.54. The molecule has 0 atom stereocenters. The Labute approximate surface area is 118 Å². The van der Waals surface area contributed by atoms with Gasteiger partial charge in [-0.1, -0.05) is 54.4 Å². The highest BCUT2D eigenvalue weighted by molar-refractivity contribution is 6.70. The highest BCUT2D eigenvalue weighted by atomic mass is 35.5. The van der Waals surface area contributed by atoms with Gasteiger partial charge >= 0.3 is 0 Å². The minimum atomic E-state index is 0.514. The van der Waals surface area contributed by atoms with E-state index in [1.54, 1.807) is 18.2 Å². The zero-order valence-corrected chi connectivity index (χ0v) is 11.8. The Balaban J connectivity index is 2.18. The summed E-state index contributed by atoms with van der Waals surface area (Å²) in [5.74, 6) is 1.42. The van der Waals surface area contributed by atoms with Crippen molar-refractivity contribution in [3.8, 4) is 11.5 Å². The van der Waals surface area contributed by atoms with Gasteiger partial charge in [0.2, 0.25) is 0 Å². The van der Waals surface area contributed by atoms with Crippen molar-refractivity contribution in [1.82, 2.24) is 0 Å². The van der Waals surface area contributed by atoms with E-state index in [0.717, 1.165) is 5.75 Å². The Kier molecular flexibility index (Phi) is 4.21. The summed E-state index contributed by atoms with van der Waals surface area (Å²) in [6, 6.07) is 13.2. The fraction of sp³-hybridized carbons (Fsp3) is 0.143. The predicted molar refractivity (Wildman–Crippen MR) is 80.1 cm³/mol. The molecule has 0 spiro atoms. The van der Waals surface area contributed by atoms with E-state index in [1.807, 2.05) is 12.1 Å². The lowest BCUT2D eigenvalue weighted by Crippen LogP contribution is -2.21. The lowest BCUT2D eigenvalue weighted by atomic mass is 9.49. The van der Waals surface area contributed by atoms with E-state index in [9.17, 15) is 0 Å². The SMILES string of the molecule is CB(C)c1ccc(Oc2cc(Cl)cc(Cl)c2)cc1. The summed E-state index contributed by atoms with van der Waals surface area (Å²) >= 11 is 11.8. The Morgan fingerprint density at radius 3 is 1.89 bits per heavy atom. The van der Waals surface area contributed by atoms with Gasteiger partial charge in [0.1, 0.15) is 11.5 Å². The van der Waals surface area contributed by atoms with Gasteiger partial charge in [-0.05, 0) is 30.3 Å². The molecule has 18 heavy (non-hydrogen) atoms. The van der Waals surface area contributed by atoms with Crippen LogP contribution in [0.25, 0.3) is 0 Å². The van der Waals surface area contributed by atoms with Crippen LogP contribution in [0.15, 0.2) is 42.5 Å². The van der Waals surface area contributed by atoms with E-state index in [4.69, 9.17) is 27.9 Å². The van der Waals surface area contributed by atoms with Gasteiger partial charge in [0.25, 0.3) is 0 Å². The van der Waals surface area contributed by atoms with Crippen LogP contribution in [0.1, 0.15) is 0 Å². The van der Waals surface area contributed by atoms with Crippen molar-refractivity contribution in [3.63, 3.8) is 0 Å². The second kappa shape index (κ2) is 5.68. The summed E-state index contributed by atoms with van der Waals surface area (Å²) in [5.41, 5.74) is 1.28. The molecule has 0 aliphatic heterocycles. The zero-order chi connectivity index (χ0) is 13.1. The smallest absolute Gasteiger partial charge is 0.169 e. The molecule has 4 heteroatoms. The van der Waals surface area contributed by atoms with Crippen molar-refractivity contribution in [2.45, 2.75) is 13.6 Å². The fourth-order valence-corrected chi connectivity index (χ4v) is 2.15. The first-order chi connectivity index (χ1) is 8.54. The largest absolute Gasteiger partial charge is 0.457 e. The van der Waals surface area contributed by atoms with Crippen molar-refractivity contribution < 1.29 is 4.74 Å². The summed E-state index contributed by atoms with van der Waals surface area (Å²) in [6.07, 6.45) is 0. The maximum absolute atomic E-state index is 5.92. The molecule has 0 N–H and O–H groups in total. The van der Waals surface area contributed by atoms with E-state index in [0.29, 0.717) is 22.5 Å². The Hall–Kier alpha value is -1.12. The molecule has 0 heterocycles. The molecule has 0 aromatic heterocycles. The Morgan fingerprint density at radius 2 is 1.39 bits per heavy atom. The second-order valence-electron chi connectivity index (χ2n) is 4.43. The van der Waals surface area contributed by atoms with Crippen LogP contribution in [0.3, 0.4) is 0 Å². The van der Waals surface area contributed by atoms with Crippen molar-refractivity contribution in [1.29, 1.82) is 0 Å². The van der Waals surface area contributed by atoms with E-state index >= 15 is 0 Å². The molecule has 2 aromatic carbocycles. The maximum Gasteiger partial charge on any atom is 0.169 e. The minimum Gasteiger partial charge on any atom is -0.457 e. The fourth-order valence-electron chi connectivity index (χ4n) is 1.64. The van der Waals surface area contributed by atoms with Gasteiger partial charge in [-0.15, -0.1) is 0 Å². The highest BCUT2D eigenvalue weighted by Gasteiger charge is 2.04. The average Bonchev–Trinajstić information content (AvgIpc) is 2.28. The Morgan fingerprint density at radius 1 is 0.833 bits per heavy atom. The summed E-state index contributed by atoms with van der Waals surface area (Å²) in [7, 11) is 0. The molecular formula is C14H13BCl2O. The van der Waals surface area contributed by atoms with Crippen LogP contribution in [0, 0.1) is 0 Å². The monoisotopic (exact) mass is 278 g/mol. The van der Waals surface area contributed by atoms with Crippen LogP contribution >= 0.6 is 23.2 Å². The van der Waals surface area contributed by atoms with Crippen LogP contribution in [0.5, 0.6) is 11.5 Å². The lowest BCUT2D eigenvalue weighted by molar-refractivity contribution is 0.483. The number of halogens is 2. The van der Waals surface area contributed by atoms with Crippen LogP contribution in [0.2, 0.25) is 23.7 Å². The third-order valence-electron chi connectivity index (χ3n) is 2.62. The molecule has 0 unspecified atom stereocenters. The molecular weight excluding hydrogens is 266 g/mol. The van der Waals surface area contributed by atoms with Crippen molar-refractivity contribution in [2.75, 3.05) is 0 Å². The molecule has 0 amide bonds. The first kappa shape index (κ1) is 13.3. The van der Waals surface area contributed by atoms with Crippen LogP contribution in [0.4, 0.5) is 0 Å². The molecule has 0 saturated carbocycles. The molecule has 2 rings (SSSR count). The van der Waals surface area contributed by atoms with Crippen LogP contribution < -0.4 is 10.2 Å². The molecule has 0 aliphatic rings. The average molecular weight is 279 g/mol. The van der Waals surface area contributed by atoms with E-state index < -0.39 is 0 Å². The number of ether oxygens (including phenoxy) is 1. The highest BCUT2D eigenvalue weighted by Crippen LogP contribution is 2.27. The quantitative estimate of drug-likeness (QED) is 0.737. The zero-order valence-electron chi connectivity index (χ0n) is 10.3. The molecule has 0 radical (unpaired) electrons. The maximum atomic E-state index is 5.92. The lowest BCUT2D eigenvalue weighted by Gasteiger charge is -2.08. The summed E-state index contributed by atoms with van der Waals surface area (Å²) < 4.78 is 5.71. The molecule has 0 bridgehead atoms. The predicted octanol–water partition coefficient (Wildman–Crippen LogP) is 4.75. The second-order valence-corrected chi connectivity index (χ2v) is 5.30. The van der Waals surface area contributed by atoms with E-state index in [-0.39, 0.29) is 0 Å². The summed E-state index contributed by atoms with van der Waals surface area (Å²) in [5, 5.41) is 1.13. The van der Waals surface area contributed by atoms with Crippen molar-refractivity contribution in [3.05, 3.63) is 52.5 Å². The van der Waals surface area contributed by atoms with Gasteiger partial charge in [-0.25, -0.2) is 0 Å². The molecule has 0 aliphatic carbocycles. The minimum absolute atomic E-state index is 0.514. The van der Waals surface area contributed by atoms with Gasteiger partial charge in [0, 0.05) is 10.0 Å². The first-order valence-electron chi connectivity index (χ1n) is 5.78. The topological polar surface area (TPSA) is 9.23 Å². The number of rotatable bonds is 3. The van der Waals surface area contributed by atoms with Gasteiger partial charge < -0.3 is 4.74 Å². The number of hydrogen-bond donors (Lipinski definition) is 0. The molecule has 0 saturated heterocycles. The molecule has 1 nitrogen and oxygen atoms in total. The third kappa shape index (κ3) is 3.44. The Bertz CT molecular complexity index is 518. The van der Waals surface area contributed by atoms with Gasteiger partial charge in [0.05, 0.1) is 0 Å². The van der Waals surface area contributed by atoms with Gasteiger partial charge in [-0.3, -0.25) is 0 Å². The van der Waals surface area contributed by atoms with E-state index in [1.165, 1.54) is 5.46 Å². The summed E-state index contributed by atoms with van der Waals surface area (Å²) in [6.45, 7) is 4.83. The van der Waals surface area contributed by atoms with Crippen LogP contribution in [-0.4, -0.2) is 6.71 Å². The van der Waals surface area contributed by atoms with Crippen LogP contribution in [-0.2, 0) is 0 Å². The molecule has 2 aromatic rings. The van der Waals surface area contributed by atoms with Crippen molar-refractivity contribution in [2.24, 2.45) is 0 Å². The molecule has 92 valence electrons. The van der Waals surface area contributed by atoms with Crippen molar-refractivity contribution >= 4 is 35.4 Å². The molecule has 0 fully saturated rings. The van der Waals surface area contributed by atoms with E-state index in [2.05, 4.69) is 25.8 Å². The summed E-state index contributed by atoms with van der Waals surface area (Å²) in [4.78, 5) is 0. The normalized spacial score (nSPS) is 10.2. The van der Waals surface area contributed by atoms with Gasteiger partial charge in [-0.2, -0.15) is 0 Å². The number of benzene rings is 2. The number of hydrogen-bond acceptors (Lipinski definition) is 1.